The number of amides is 1. The summed E-state index contributed by atoms with van der Waals surface area (Å²) in [6.45, 7) is 2.25. The van der Waals surface area contributed by atoms with Crippen LogP contribution >= 0.6 is 11.3 Å². The molecule has 1 aliphatic heterocycles. The van der Waals surface area contributed by atoms with Crippen molar-refractivity contribution in [3.8, 4) is 10.4 Å². The second kappa shape index (κ2) is 9.36. The molecule has 1 aliphatic rings. The van der Waals surface area contributed by atoms with E-state index in [-0.39, 0.29) is 17.9 Å². The molecule has 33 heavy (non-hydrogen) atoms. The van der Waals surface area contributed by atoms with Crippen molar-refractivity contribution < 1.29 is 18.0 Å². The Balaban J connectivity index is 1.42. The highest BCUT2D eigenvalue weighted by Crippen LogP contribution is 2.34. The molecule has 9 heteroatoms. The largest absolute Gasteiger partial charge is 0.416 e. The zero-order valence-corrected chi connectivity index (χ0v) is 18.6. The number of rotatable bonds is 7. The van der Waals surface area contributed by atoms with E-state index in [0.717, 1.165) is 39.4 Å². The Hall–Kier alpha value is -3.17. The van der Waals surface area contributed by atoms with Gasteiger partial charge in [-0.3, -0.25) is 4.79 Å². The normalized spacial score (nSPS) is 15.4. The summed E-state index contributed by atoms with van der Waals surface area (Å²) < 4.78 is 38.6. The Morgan fingerprint density at radius 3 is 2.70 bits per heavy atom. The number of nitrogens with one attached hydrogen (secondary N) is 2. The zero-order valence-electron chi connectivity index (χ0n) is 17.8. The molecule has 0 aliphatic carbocycles. The Morgan fingerprint density at radius 2 is 2.00 bits per heavy atom. The number of alkyl halides is 3. The average Bonchev–Trinajstić information content (AvgIpc) is 3.40. The fourth-order valence-electron chi connectivity index (χ4n) is 3.81. The third-order valence-electron chi connectivity index (χ3n) is 5.49. The summed E-state index contributed by atoms with van der Waals surface area (Å²) in [5, 5.41) is 6.76. The maximum absolute atomic E-state index is 12.9. The number of carbonyl (C=O) groups is 1. The first-order chi connectivity index (χ1) is 15.7. The van der Waals surface area contributed by atoms with E-state index in [1.54, 1.807) is 6.20 Å². The van der Waals surface area contributed by atoms with Crippen LogP contribution in [0.25, 0.3) is 10.4 Å². The van der Waals surface area contributed by atoms with E-state index in [1.165, 1.54) is 23.5 Å². The molecule has 1 amide bonds. The van der Waals surface area contributed by atoms with Crippen LogP contribution in [0, 0.1) is 0 Å². The van der Waals surface area contributed by atoms with Gasteiger partial charge in [0.25, 0.3) is 0 Å². The van der Waals surface area contributed by atoms with Gasteiger partial charge in [-0.1, -0.05) is 41.7 Å². The van der Waals surface area contributed by atoms with E-state index in [4.69, 9.17) is 5.73 Å². The summed E-state index contributed by atoms with van der Waals surface area (Å²) in [6, 6.07) is 10.6. The van der Waals surface area contributed by atoms with Crippen LogP contribution in [0.3, 0.4) is 0 Å². The summed E-state index contributed by atoms with van der Waals surface area (Å²) >= 11 is 1.47. The van der Waals surface area contributed by atoms with Crippen molar-refractivity contribution in [1.29, 1.82) is 0 Å². The van der Waals surface area contributed by atoms with Gasteiger partial charge in [-0.15, -0.1) is 0 Å². The maximum atomic E-state index is 12.9. The van der Waals surface area contributed by atoms with Gasteiger partial charge < -0.3 is 16.4 Å². The number of benzene rings is 2. The molecule has 0 spiro atoms. The predicted molar refractivity (Wildman–Crippen MR) is 125 cm³/mol. The van der Waals surface area contributed by atoms with Crippen molar-refractivity contribution in [2.75, 3.05) is 17.2 Å². The first-order valence-corrected chi connectivity index (χ1v) is 11.2. The monoisotopic (exact) mass is 472 g/mol. The molecule has 3 aromatic rings. The number of carbonyl (C=O) groups excluding carboxylic acids is 1. The Morgan fingerprint density at radius 1 is 1.24 bits per heavy atom. The zero-order chi connectivity index (χ0) is 23.6. The lowest BCUT2D eigenvalue weighted by Crippen LogP contribution is -2.34. The summed E-state index contributed by atoms with van der Waals surface area (Å²) in [6.07, 6.45) is 1.51. The molecule has 0 unspecified atom stereocenters. The molecule has 4 N–H and O–H groups in total. The van der Waals surface area contributed by atoms with Crippen LogP contribution in [-0.2, 0) is 17.4 Å². The van der Waals surface area contributed by atoms with Crippen molar-refractivity contribution in [2.24, 2.45) is 5.73 Å². The lowest BCUT2D eigenvalue weighted by Gasteiger charge is -2.22. The van der Waals surface area contributed by atoms with Crippen LogP contribution in [0.1, 0.15) is 29.5 Å². The summed E-state index contributed by atoms with van der Waals surface area (Å²) in [7, 11) is 0. The van der Waals surface area contributed by atoms with Gasteiger partial charge >= 0.3 is 6.18 Å². The predicted octanol–water partition coefficient (Wildman–Crippen LogP) is 5.42. The topological polar surface area (TPSA) is 80.0 Å². The number of hydrogen-bond donors (Lipinski definition) is 3. The van der Waals surface area contributed by atoms with Crippen molar-refractivity contribution in [1.82, 2.24) is 4.98 Å². The number of hydrogen-bond acceptors (Lipinski definition) is 5. The van der Waals surface area contributed by atoms with Crippen LogP contribution in [0.2, 0.25) is 0 Å². The van der Waals surface area contributed by atoms with Gasteiger partial charge in [0.15, 0.2) is 5.13 Å². The first-order valence-electron chi connectivity index (χ1n) is 10.4. The van der Waals surface area contributed by atoms with Crippen LogP contribution < -0.4 is 16.4 Å². The molecular weight excluding hydrogens is 449 g/mol. The minimum atomic E-state index is -4.37. The summed E-state index contributed by atoms with van der Waals surface area (Å²) in [5.41, 5.74) is 9.23. The van der Waals surface area contributed by atoms with Crippen LogP contribution in [0.5, 0.6) is 0 Å². The highest BCUT2D eigenvalue weighted by molar-refractivity contribution is 7.18. The molecule has 0 fully saturated rings. The second-order valence-corrected chi connectivity index (χ2v) is 8.87. The van der Waals surface area contributed by atoms with E-state index >= 15 is 0 Å². The molecule has 2 heterocycles. The van der Waals surface area contributed by atoms with Crippen molar-refractivity contribution in [3.05, 3.63) is 77.5 Å². The molecule has 2 aromatic carbocycles. The second-order valence-electron chi connectivity index (χ2n) is 7.84. The van der Waals surface area contributed by atoms with Crippen molar-refractivity contribution in [3.63, 3.8) is 0 Å². The molecule has 0 saturated heterocycles. The Labute approximate surface area is 193 Å². The lowest BCUT2D eigenvalue weighted by atomic mass is 9.90. The summed E-state index contributed by atoms with van der Waals surface area (Å²) in [5.74, 6) is -0.252. The third-order valence-corrected chi connectivity index (χ3v) is 6.50. The number of anilines is 2. The van der Waals surface area contributed by atoms with Crippen molar-refractivity contribution in [2.45, 2.75) is 31.5 Å². The van der Waals surface area contributed by atoms with Crippen LogP contribution in [0.15, 0.2) is 60.8 Å². The number of allylic oxidation sites excluding steroid dienone is 1. The van der Waals surface area contributed by atoms with Crippen molar-refractivity contribution >= 4 is 28.1 Å². The Bertz CT molecular complexity index is 1170. The number of nitrogens with two attached hydrogens (primary N) is 1. The standard InChI is InChI=1S/C24H23F3N4OS/c1-2-3-18(14-4-7-17(8-5-14)24(25,26)27)19(28)12-29-23-30-13-21(33-23)15-6-9-20-16(10-15)11-22(32)31-20/h2-10,13,18-19H,11-12,28H2,1H3,(H,29,30)(H,31,32)/b3-2+/t18-,19-/m0/s1. The minimum absolute atomic E-state index is 0.00785. The third kappa shape index (κ3) is 5.26. The lowest BCUT2D eigenvalue weighted by molar-refractivity contribution is -0.137. The van der Waals surface area contributed by atoms with Gasteiger partial charge in [-0.05, 0) is 47.9 Å². The van der Waals surface area contributed by atoms with Crippen LogP contribution in [0.4, 0.5) is 24.0 Å². The Kier molecular flexibility index (Phi) is 6.53. The first kappa shape index (κ1) is 23.0. The smallest absolute Gasteiger partial charge is 0.360 e. The van der Waals surface area contributed by atoms with Gasteiger partial charge in [0.05, 0.1) is 16.9 Å². The summed E-state index contributed by atoms with van der Waals surface area (Å²) in [4.78, 5) is 16.9. The molecular formula is C24H23F3N4OS. The molecule has 4 rings (SSSR count). The van der Waals surface area contributed by atoms with Gasteiger partial charge in [-0.25, -0.2) is 4.98 Å². The molecule has 172 valence electrons. The molecule has 0 bridgehead atoms. The molecule has 1 aromatic heterocycles. The maximum Gasteiger partial charge on any atom is 0.416 e. The number of aromatic nitrogens is 1. The number of fused-ring (bicyclic) bond motifs is 1. The van der Waals surface area contributed by atoms with Gasteiger partial charge in [0.2, 0.25) is 5.91 Å². The van der Waals surface area contributed by atoms with Crippen LogP contribution in [-0.4, -0.2) is 23.5 Å². The SMILES string of the molecule is C/C=C/[C@@H](c1ccc(C(F)(F)F)cc1)[C@@H](N)CNc1ncc(-c2ccc3c(c2)CC(=O)N3)s1. The van der Waals surface area contributed by atoms with E-state index in [0.29, 0.717) is 18.1 Å². The van der Waals surface area contributed by atoms with E-state index in [9.17, 15) is 18.0 Å². The van der Waals surface area contributed by atoms with E-state index in [1.807, 2.05) is 37.3 Å². The quantitative estimate of drug-likeness (QED) is 0.401. The molecule has 5 nitrogen and oxygen atoms in total. The fraction of sp³-hybridized carbons (Fsp3) is 0.250. The average molecular weight is 473 g/mol. The fourth-order valence-corrected chi connectivity index (χ4v) is 4.63. The minimum Gasteiger partial charge on any atom is -0.360 e. The molecule has 0 saturated carbocycles. The van der Waals surface area contributed by atoms with Gasteiger partial charge in [-0.2, -0.15) is 13.2 Å². The van der Waals surface area contributed by atoms with E-state index < -0.39 is 11.7 Å². The van der Waals surface area contributed by atoms with E-state index in [2.05, 4.69) is 15.6 Å². The molecule has 0 radical (unpaired) electrons. The van der Waals surface area contributed by atoms with Gasteiger partial charge in [0.1, 0.15) is 0 Å². The number of nitrogens with zero attached hydrogens (tertiary/aromatic N) is 1. The number of thiazole rings is 1. The molecule has 2 atom stereocenters. The highest BCUT2D eigenvalue weighted by atomic mass is 32.1. The van der Waals surface area contributed by atoms with Gasteiger partial charge in [0, 0.05) is 30.4 Å². The highest BCUT2D eigenvalue weighted by Gasteiger charge is 2.30. The number of halogens is 3.